The Balaban J connectivity index is 2.20. The van der Waals surface area contributed by atoms with Gasteiger partial charge in [-0.1, -0.05) is 17.8 Å². The van der Waals surface area contributed by atoms with Crippen molar-refractivity contribution >= 4 is 35.3 Å². The highest BCUT2D eigenvalue weighted by Gasteiger charge is 2.20. The first-order valence-corrected chi connectivity index (χ1v) is 7.68. The number of nitrogens with two attached hydrogens (primary N) is 1. The molecule has 1 aromatic carbocycles. The van der Waals surface area contributed by atoms with Crippen molar-refractivity contribution in [2.45, 2.75) is 24.3 Å². The molecule has 0 saturated heterocycles. The molecule has 0 saturated carbocycles. The number of hydrogen-bond donors (Lipinski definition) is 3. The summed E-state index contributed by atoms with van der Waals surface area (Å²) in [4.78, 5) is 33.6. The van der Waals surface area contributed by atoms with Crippen LogP contribution in [0.4, 0.5) is 10.5 Å². The van der Waals surface area contributed by atoms with Gasteiger partial charge in [0.2, 0.25) is 17.0 Å². The van der Waals surface area contributed by atoms with E-state index in [0.717, 1.165) is 11.8 Å². The summed E-state index contributed by atoms with van der Waals surface area (Å²) in [6, 6.07) is 5.98. The molecule has 4 amide bonds. The van der Waals surface area contributed by atoms with E-state index in [4.69, 9.17) is 5.73 Å². The number of tetrazole rings is 1. The lowest BCUT2D eigenvalue weighted by molar-refractivity contribution is -0.119. The molecule has 0 aliphatic rings. The van der Waals surface area contributed by atoms with Crippen molar-refractivity contribution < 1.29 is 14.4 Å². The molecule has 126 valence electrons. The normalized spacial score (nSPS) is 11.6. The van der Waals surface area contributed by atoms with Crippen molar-refractivity contribution in [3.05, 3.63) is 24.3 Å². The van der Waals surface area contributed by atoms with Crippen molar-refractivity contribution in [1.82, 2.24) is 25.5 Å². The maximum atomic E-state index is 11.7. The van der Waals surface area contributed by atoms with Crippen LogP contribution >= 0.6 is 11.8 Å². The van der Waals surface area contributed by atoms with Gasteiger partial charge in [-0.3, -0.25) is 14.9 Å². The molecule has 2 rings (SSSR count). The minimum absolute atomic E-state index is 0.199. The summed E-state index contributed by atoms with van der Waals surface area (Å²) in [6.45, 7) is 3.00. The van der Waals surface area contributed by atoms with Crippen LogP contribution in [0.3, 0.4) is 0 Å². The first kappa shape index (κ1) is 17.4. The summed E-state index contributed by atoms with van der Waals surface area (Å²) in [5.74, 6) is -0.746. The molecule has 0 unspecified atom stereocenters. The molecule has 11 heteroatoms. The lowest BCUT2D eigenvalue weighted by Gasteiger charge is -2.10. The predicted octanol–water partition coefficient (Wildman–Crippen LogP) is 0.296. The van der Waals surface area contributed by atoms with E-state index in [9.17, 15) is 14.4 Å². The summed E-state index contributed by atoms with van der Waals surface area (Å²) in [7, 11) is 0. The van der Waals surface area contributed by atoms with Crippen molar-refractivity contribution in [2.75, 3.05) is 5.32 Å². The standard InChI is InChI=1S/C13H15N7O3S/c1-7(11(22)16-12(14)23)24-13-17-18-19-20(13)10-5-3-4-9(6-10)15-8(2)21/h3-7H,1-2H3,(H,15,21)(H3,14,16,22,23)/t7-/m0/s1. The van der Waals surface area contributed by atoms with Crippen LogP contribution in [0, 0.1) is 0 Å². The number of thioether (sulfide) groups is 1. The maximum absolute atomic E-state index is 11.7. The molecule has 1 heterocycles. The fraction of sp³-hybridized carbons (Fsp3) is 0.231. The van der Waals surface area contributed by atoms with Crippen molar-refractivity contribution in [3.63, 3.8) is 0 Å². The zero-order chi connectivity index (χ0) is 17.7. The lowest BCUT2D eigenvalue weighted by Crippen LogP contribution is -2.39. The SMILES string of the molecule is CC(=O)Nc1cccc(-n2nnnc2S[C@@H](C)C(=O)NC(N)=O)c1. The molecule has 10 nitrogen and oxygen atoms in total. The molecule has 0 fully saturated rings. The van der Waals surface area contributed by atoms with Gasteiger partial charge in [-0.2, -0.15) is 4.68 Å². The topological polar surface area (TPSA) is 145 Å². The average Bonchev–Trinajstić information content (AvgIpc) is 2.94. The van der Waals surface area contributed by atoms with Gasteiger partial charge in [0.1, 0.15) is 0 Å². The largest absolute Gasteiger partial charge is 0.351 e. The number of aromatic nitrogens is 4. The zero-order valence-electron chi connectivity index (χ0n) is 12.9. The molecule has 4 N–H and O–H groups in total. The first-order valence-electron chi connectivity index (χ1n) is 6.80. The Labute approximate surface area is 141 Å². The molecule has 1 aromatic heterocycles. The number of urea groups is 1. The third kappa shape index (κ3) is 4.52. The smallest absolute Gasteiger partial charge is 0.318 e. The van der Waals surface area contributed by atoms with E-state index < -0.39 is 17.2 Å². The van der Waals surface area contributed by atoms with Crippen LogP contribution in [-0.4, -0.2) is 43.3 Å². The summed E-state index contributed by atoms with van der Waals surface area (Å²) in [6.07, 6.45) is 0. The predicted molar refractivity (Wildman–Crippen MR) is 86.5 cm³/mol. The van der Waals surface area contributed by atoms with Gasteiger partial charge in [0.05, 0.1) is 10.9 Å². The summed E-state index contributed by atoms with van der Waals surface area (Å²) >= 11 is 1.06. The fourth-order valence-corrected chi connectivity index (χ4v) is 2.58. The minimum Gasteiger partial charge on any atom is -0.351 e. The third-order valence-corrected chi connectivity index (χ3v) is 3.78. The highest BCUT2D eigenvalue weighted by atomic mass is 32.2. The van der Waals surface area contributed by atoms with Gasteiger partial charge in [-0.25, -0.2) is 4.79 Å². The van der Waals surface area contributed by atoms with Crippen LogP contribution < -0.4 is 16.4 Å². The number of anilines is 1. The second-order valence-electron chi connectivity index (χ2n) is 4.72. The Kier molecular flexibility index (Phi) is 5.47. The molecule has 0 radical (unpaired) electrons. The molecule has 0 aliphatic carbocycles. The fourth-order valence-electron chi connectivity index (χ4n) is 1.77. The monoisotopic (exact) mass is 349 g/mol. The molecular formula is C13H15N7O3S. The summed E-state index contributed by atoms with van der Waals surface area (Å²) < 4.78 is 1.42. The Hall–Kier alpha value is -2.95. The molecule has 24 heavy (non-hydrogen) atoms. The molecular weight excluding hydrogens is 334 g/mol. The van der Waals surface area contributed by atoms with E-state index >= 15 is 0 Å². The maximum Gasteiger partial charge on any atom is 0.318 e. The molecule has 0 spiro atoms. The van der Waals surface area contributed by atoms with Crippen LogP contribution in [-0.2, 0) is 9.59 Å². The highest BCUT2D eigenvalue weighted by molar-refractivity contribution is 8.00. The number of nitrogens with zero attached hydrogens (tertiary/aromatic N) is 4. The van der Waals surface area contributed by atoms with E-state index in [-0.39, 0.29) is 5.91 Å². The molecule has 0 bridgehead atoms. The van der Waals surface area contributed by atoms with E-state index in [1.807, 2.05) is 5.32 Å². The number of imide groups is 1. The van der Waals surface area contributed by atoms with Gasteiger partial charge in [-0.15, -0.1) is 5.10 Å². The Bertz CT molecular complexity index is 776. The number of carbonyl (C=O) groups excluding carboxylic acids is 3. The van der Waals surface area contributed by atoms with E-state index in [0.29, 0.717) is 16.5 Å². The first-order chi connectivity index (χ1) is 11.4. The van der Waals surface area contributed by atoms with Gasteiger partial charge in [0, 0.05) is 12.6 Å². The van der Waals surface area contributed by atoms with Gasteiger partial charge < -0.3 is 11.1 Å². The second kappa shape index (κ2) is 7.55. The van der Waals surface area contributed by atoms with Gasteiger partial charge in [0.15, 0.2) is 0 Å². The third-order valence-electron chi connectivity index (χ3n) is 2.75. The Morgan fingerprint density at radius 3 is 2.75 bits per heavy atom. The van der Waals surface area contributed by atoms with Crippen molar-refractivity contribution in [2.24, 2.45) is 5.73 Å². The molecule has 1 atom stereocenters. The Morgan fingerprint density at radius 1 is 1.33 bits per heavy atom. The Morgan fingerprint density at radius 2 is 2.08 bits per heavy atom. The number of nitrogens with one attached hydrogen (secondary N) is 2. The van der Waals surface area contributed by atoms with E-state index in [2.05, 4.69) is 20.8 Å². The number of hydrogen-bond acceptors (Lipinski definition) is 7. The molecule has 0 aliphatic heterocycles. The van der Waals surface area contributed by atoms with Crippen molar-refractivity contribution in [1.29, 1.82) is 0 Å². The second-order valence-corrected chi connectivity index (χ2v) is 6.03. The van der Waals surface area contributed by atoms with E-state index in [1.165, 1.54) is 11.6 Å². The van der Waals surface area contributed by atoms with Crippen LogP contribution in [0.25, 0.3) is 5.69 Å². The number of primary amides is 1. The van der Waals surface area contributed by atoms with Crippen molar-refractivity contribution in [3.8, 4) is 5.69 Å². The lowest BCUT2D eigenvalue weighted by atomic mass is 10.3. The molecule has 2 aromatic rings. The average molecular weight is 349 g/mol. The number of carbonyl (C=O) groups is 3. The van der Waals surface area contributed by atoms with Gasteiger partial charge in [0.25, 0.3) is 0 Å². The zero-order valence-corrected chi connectivity index (χ0v) is 13.7. The summed E-state index contributed by atoms with van der Waals surface area (Å²) in [5.41, 5.74) is 6.12. The van der Waals surface area contributed by atoms with Crippen LogP contribution in [0.1, 0.15) is 13.8 Å². The highest BCUT2D eigenvalue weighted by Crippen LogP contribution is 2.24. The van der Waals surface area contributed by atoms with Gasteiger partial charge >= 0.3 is 6.03 Å². The van der Waals surface area contributed by atoms with Gasteiger partial charge in [-0.05, 0) is 35.5 Å². The number of amides is 4. The van der Waals surface area contributed by atoms with E-state index in [1.54, 1.807) is 31.2 Å². The van der Waals surface area contributed by atoms with Crippen LogP contribution in [0.15, 0.2) is 29.4 Å². The minimum atomic E-state index is -0.921. The quantitative estimate of drug-likeness (QED) is 0.658. The van der Waals surface area contributed by atoms with Crippen LogP contribution in [0.5, 0.6) is 0 Å². The number of benzene rings is 1. The van der Waals surface area contributed by atoms with Crippen LogP contribution in [0.2, 0.25) is 0 Å². The number of rotatable bonds is 5. The summed E-state index contributed by atoms with van der Waals surface area (Å²) in [5, 5.41) is 15.7.